The van der Waals surface area contributed by atoms with Gasteiger partial charge in [-0.2, -0.15) is 0 Å². The van der Waals surface area contributed by atoms with Gasteiger partial charge in [0.1, 0.15) is 6.04 Å². The SMILES string of the molecule is NC(N)=NCCC[C@H](NC(=S)CCCC(=O)c1ccccc1)C(=O)O. The van der Waals surface area contributed by atoms with Crippen molar-refractivity contribution in [2.75, 3.05) is 6.54 Å². The Morgan fingerprint density at radius 3 is 2.44 bits per heavy atom. The van der Waals surface area contributed by atoms with E-state index >= 15 is 0 Å². The van der Waals surface area contributed by atoms with E-state index in [4.69, 9.17) is 23.7 Å². The average Bonchev–Trinajstić information content (AvgIpc) is 2.57. The van der Waals surface area contributed by atoms with Gasteiger partial charge in [0.05, 0.1) is 4.99 Å². The number of thiocarbonyl (C=S) groups is 1. The molecule has 0 aliphatic carbocycles. The molecule has 1 rings (SSSR count). The lowest BCUT2D eigenvalue weighted by molar-refractivity contribution is -0.139. The summed E-state index contributed by atoms with van der Waals surface area (Å²) < 4.78 is 0. The number of guanidine groups is 1. The van der Waals surface area contributed by atoms with Crippen molar-refractivity contribution in [3.8, 4) is 0 Å². The number of hydrogen-bond donors (Lipinski definition) is 4. The Bertz CT molecular complexity index is 616. The van der Waals surface area contributed by atoms with E-state index in [1.165, 1.54) is 0 Å². The van der Waals surface area contributed by atoms with Gasteiger partial charge < -0.3 is 21.9 Å². The molecule has 6 N–H and O–H groups in total. The zero-order valence-corrected chi connectivity index (χ0v) is 14.8. The lowest BCUT2D eigenvalue weighted by atomic mass is 10.1. The van der Waals surface area contributed by atoms with Crippen molar-refractivity contribution in [3.63, 3.8) is 0 Å². The Balaban J connectivity index is 2.33. The van der Waals surface area contributed by atoms with Gasteiger partial charge in [0.15, 0.2) is 11.7 Å². The molecule has 0 saturated heterocycles. The van der Waals surface area contributed by atoms with Gasteiger partial charge in [-0.3, -0.25) is 9.79 Å². The second-order valence-corrected chi connectivity index (χ2v) is 6.04. The van der Waals surface area contributed by atoms with Crippen LogP contribution in [0.5, 0.6) is 0 Å². The summed E-state index contributed by atoms with van der Waals surface area (Å²) >= 11 is 5.19. The molecule has 0 bridgehead atoms. The van der Waals surface area contributed by atoms with Gasteiger partial charge in [-0.1, -0.05) is 42.5 Å². The minimum absolute atomic E-state index is 0.0153. The smallest absolute Gasteiger partial charge is 0.326 e. The van der Waals surface area contributed by atoms with Gasteiger partial charge in [-0.15, -0.1) is 0 Å². The second kappa shape index (κ2) is 11.1. The van der Waals surface area contributed by atoms with E-state index in [9.17, 15) is 14.7 Å². The molecule has 136 valence electrons. The Hall–Kier alpha value is -2.48. The number of carbonyl (C=O) groups excluding carboxylic acids is 1. The van der Waals surface area contributed by atoms with Crippen molar-refractivity contribution in [1.82, 2.24) is 5.32 Å². The molecule has 0 fully saturated rings. The molecular weight excluding hydrogens is 340 g/mol. The molecule has 0 aliphatic heterocycles. The lowest BCUT2D eigenvalue weighted by Crippen LogP contribution is -2.40. The highest BCUT2D eigenvalue weighted by Gasteiger charge is 2.17. The number of carbonyl (C=O) groups is 2. The molecule has 0 spiro atoms. The van der Waals surface area contributed by atoms with E-state index in [2.05, 4.69) is 10.3 Å². The zero-order chi connectivity index (χ0) is 18.7. The number of rotatable bonds is 11. The largest absolute Gasteiger partial charge is 0.480 e. The van der Waals surface area contributed by atoms with Crippen LogP contribution in [-0.2, 0) is 4.79 Å². The van der Waals surface area contributed by atoms with Crippen LogP contribution in [0.4, 0.5) is 0 Å². The predicted octanol–water partition coefficient (Wildman–Crippen LogP) is 1.46. The average molecular weight is 364 g/mol. The number of aliphatic carboxylic acids is 1. The number of carboxylic acids is 1. The van der Waals surface area contributed by atoms with E-state index in [0.29, 0.717) is 49.2 Å². The van der Waals surface area contributed by atoms with Crippen LogP contribution in [-0.4, -0.2) is 40.4 Å². The maximum atomic E-state index is 12.0. The summed E-state index contributed by atoms with van der Waals surface area (Å²) in [6.07, 6.45) is 2.28. The molecule has 1 aromatic rings. The normalized spacial score (nSPS) is 11.4. The maximum Gasteiger partial charge on any atom is 0.326 e. The molecule has 0 saturated carbocycles. The number of nitrogens with one attached hydrogen (secondary N) is 1. The van der Waals surface area contributed by atoms with Gasteiger partial charge in [-0.25, -0.2) is 4.79 Å². The molecule has 8 heteroatoms. The highest BCUT2D eigenvalue weighted by molar-refractivity contribution is 7.80. The number of aliphatic imine (C=N–C) groups is 1. The highest BCUT2D eigenvalue weighted by Crippen LogP contribution is 2.08. The molecule has 7 nitrogen and oxygen atoms in total. The van der Waals surface area contributed by atoms with Crippen molar-refractivity contribution in [2.45, 2.75) is 38.1 Å². The van der Waals surface area contributed by atoms with Crippen molar-refractivity contribution in [2.24, 2.45) is 16.5 Å². The highest BCUT2D eigenvalue weighted by atomic mass is 32.1. The number of nitrogens with two attached hydrogens (primary N) is 2. The summed E-state index contributed by atoms with van der Waals surface area (Å²) in [4.78, 5) is 27.5. The quantitative estimate of drug-likeness (QED) is 0.154. The van der Waals surface area contributed by atoms with Crippen molar-refractivity contribution in [3.05, 3.63) is 35.9 Å². The van der Waals surface area contributed by atoms with Crippen LogP contribution in [0.1, 0.15) is 42.5 Å². The summed E-state index contributed by atoms with van der Waals surface area (Å²) in [7, 11) is 0. The van der Waals surface area contributed by atoms with E-state index in [-0.39, 0.29) is 11.7 Å². The molecule has 0 aliphatic rings. The van der Waals surface area contributed by atoms with Crippen molar-refractivity contribution < 1.29 is 14.7 Å². The van der Waals surface area contributed by atoms with Crippen molar-refractivity contribution in [1.29, 1.82) is 0 Å². The van der Waals surface area contributed by atoms with Crippen LogP contribution in [0.3, 0.4) is 0 Å². The van der Waals surface area contributed by atoms with Crippen LogP contribution in [0, 0.1) is 0 Å². The van der Waals surface area contributed by atoms with Gasteiger partial charge in [0.25, 0.3) is 0 Å². The number of hydrogen-bond acceptors (Lipinski definition) is 4. The van der Waals surface area contributed by atoms with Crippen molar-refractivity contribution >= 4 is 34.9 Å². The second-order valence-electron chi connectivity index (χ2n) is 5.55. The first kappa shape index (κ1) is 20.6. The Kier molecular flexibility index (Phi) is 9.16. The molecule has 25 heavy (non-hydrogen) atoms. The summed E-state index contributed by atoms with van der Waals surface area (Å²) in [6, 6.07) is 8.26. The lowest BCUT2D eigenvalue weighted by Gasteiger charge is -2.16. The third kappa shape index (κ3) is 8.80. The Morgan fingerprint density at radius 2 is 1.84 bits per heavy atom. The summed E-state index contributed by atoms with van der Waals surface area (Å²) in [6.45, 7) is 0.367. The topological polar surface area (TPSA) is 131 Å². The molecule has 0 aromatic heterocycles. The van der Waals surface area contributed by atoms with E-state index < -0.39 is 12.0 Å². The number of benzene rings is 1. The van der Waals surface area contributed by atoms with Crippen LogP contribution in [0.2, 0.25) is 0 Å². The predicted molar refractivity (Wildman–Crippen MR) is 102 cm³/mol. The van der Waals surface area contributed by atoms with Crippen LogP contribution in [0.15, 0.2) is 35.3 Å². The first-order valence-corrected chi connectivity index (χ1v) is 8.46. The Labute approximate surface area is 152 Å². The van der Waals surface area contributed by atoms with Gasteiger partial charge >= 0.3 is 5.97 Å². The maximum absolute atomic E-state index is 12.0. The third-order valence-corrected chi connectivity index (χ3v) is 3.80. The first-order valence-electron chi connectivity index (χ1n) is 8.06. The summed E-state index contributed by atoms with van der Waals surface area (Å²) in [5.74, 6) is -0.943. The van der Waals surface area contributed by atoms with E-state index in [1.807, 2.05) is 18.2 Å². The fraction of sp³-hybridized carbons (Fsp3) is 0.412. The van der Waals surface area contributed by atoms with Gasteiger partial charge in [0, 0.05) is 18.5 Å². The fourth-order valence-electron chi connectivity index (χ4n) is 2.21. The Morgan fingerprint density at radius 1 is 1.16 bits per heavy atom. The van der Waals surface area contributed by atoms with Gasteiger partial charge in [-0.05, 0) is 25.7 Å². The molecule has 0 unspecified atom stereocenters. The summed E-state index contributed by atoms with van der Waals surface area (Å²) in [5.41, 5.74) is 11.1. The first-order chi connectivity index (χ1) is 11.9. The number of ketones is 1. The third-order valence-electron chi connectivity index (χ3n) is 3.48. The monoisotopic (exact) mass is 364 g/mol. The van der Waals surface area contributed by atoms with Crippen LogP contribution in [0.25, 0.3) is 0 Å². The molecule has 1 atom stereocenters. The molecule has 0 heterocycles. The number of carboxylic acid groups (broad SMARTS) is 1. The molecular formula is C17H24N4O3S. The minimum Gasteiger partial charge on any atom is -0.480 e. The van der Waals surface area contributed by atoms with Crippen LogP contribution >= 0.6 is 12.2 Å². The zero-order valence-electron chi connectivity index (χ0n) is 14.0. The number of Topliss-reactive ketones (excluding diaryl/α,β-unsaturated/α-hetero) is 1. The molecule has 0 radical (unpaired) electrons. The standard InChI is InChI=1S/C17H24N4O3S/c18-17(19)20-11-5-8-13(16(23)24)21-15(25)10-4-9-14(22)12-6-2-1-3-7-12/h1-3,6-7,13H,4-5,8-11H2,(H,21,25)(H,23,24)(H4,18,19,20)/t13-/m0/s1. The van der Waals surface area contributed by atoms with Crippen LogP contribution < -0.4 is 16.8 Å². The van der Waals surface area contributed by atoms with E-state index in [1.54, 1.807) is 12.1 Å². The summed E-state index contributed by atoms with van der Waals surface area (Å²) in [5, 5.41) is 12.1. The van der Waals surface area contributed by atoms with Gasteiger partial charge in [0.2, 0.25) is 0 Å². The van der Waals surface area contributed by atoms with E-state index in [0.717, 1.165) is 0 Å². The minimum atomic E-state index is -0.979. The number of nitrogens with zero attached hydrogens (tertiary/aromatic N) is 1. The molecule has 1 aromatic carbocycles. The molecule has 0 amide bonds. The fourth-order valence-corrected chi connectivity index (χ4v) is 2.49.